The Hall–Kier alpha value is -1.67. The van der Waals surface area contributed by atoms with Gasteiger partial charge in [-0.3, -0.25) is 4.79 Å². The van der Waals surface area contributed by atoms with Crippen molar-refractivity contribution in [3.63, 3.8) is 0 Å². The monoisotopic (exact) mass is 259 g/mol. The van der Waals surface area contributed by atoms with E-state index in [4.69, 9.17) is 0 Å². The molecule has 0 fully saturated rings. The number of ketones is 1. The largest absolute Gasteiger partial charge is 0.310 e. The standard InChI is InChI=1S/C15H17NO.C2H6.H2/c1-11(17)15(16-2)10-12-7-8-13-5-3-4-6-14(13)9-12;1-2;/h3-9,15-16H,10H2,1-2H3;1-2H3;1H/t15-;;/m1../s1. The van der Waals surface area contributed by atoms with Crippen LogP contribution in [-0.4, -0.2) is 18.9 Å². The van der Waals surface area contributed by atoms with E-state index in [9.17, 15) is 4.79 Å². The summed E-state index contributed by atoms with van der Waals surface area (Å²) in [5.41, 5.74) is 1.19. The van der Waals surface area contributed by atoms with Gasteiger partial charge in [-0.2, -0.15) is 0 Å². The van der Waals surface area contributed by atoms with Crippen LogP contribution in [0.25, 0.3) is 10.8 Å². The topological polar surface area (TPSA) is 29.1 Å². The number of hydrogen-bond donors (Lipinski definition) is 1. The highest BCUT2D eigenvalue weighted by Crippen LogP contribution is 2.16. The fraction of sp³-hybridized carbons (Fsp3) is 0.353. The van der Waals surface area contributed by atoms with Crippen molar-refractivity contribution in [2.24, 2.45) is 0 Å². The molecule has 0 spiro atoms. The summed E-state index contributed by atoms with van der Waals surface area (Å²) in [7, 11) is 1.83. The fourth-order valence-electron chi connectivity index (χ4n) is 2.05. The van der Waals surface area contributed by atoms with E-state index >= 15 is 0 Å². The Morgan fingerprint density at radius 2 is 1.79 bits per heavy atom. The quantitative estimate of drug-likeness (QED) is 0.904. The van der Waals surface area contributed by atoms with Crippen LogP contribution in [0.15, 0.2) is 42.5 Å². The lowest BCUT2D eigenvalue weighted by Gasteiger charge is -2.13. The number of nitrogens with one attached hydrogen (secondary N) is 1. The summed E-state index contributed by atoms with van der Waals surface area (Å²) in [6.07, 6.45) is 0.747. The number of rotatable bonds is 4. The predicted octanol–water partition coefficient (Wildman–Crippen LogP) is 3.83. The van der Waals surface area contributed by atoms with Gasteiger partial charge in [0.2, 0.25) is 0 Å². The zero-order chi connectivity index (χ0) is 14.3. The molecule has 1 atom stereocenters. The van der Waals surface area contributed by atoms with E-state index in [1.807, 2.05) is 33.0 Å². The van der Waals surface area contributed by atoms with Crippen molar-refractivity contribution >= 4 is 16.6 Å². The molecule has 0 amide bonds. The molecule has 0 aliphatic carbocycles. The molecule has 0 aliphatic heterocycles. The van der Waals surface area contributed by atoms with Gasteiger partial charge in [0.1, 0.15) is 5.78 Å². The van der Waals surface area contributed by atoms with Gasteiger partial charge < -0.3 is 5.32 Å². The first-order chi connectivity index (χ1) is 9.20. The third-order valence-electron chi connectivity index (χ3n) is 3.09. The summed E-state index contributed by atoms with van der Waals surface area (Å²) >= 11 is 0. The average molecular weight is 259 g/mol. The molecule has 0 radical (unpaired) electrons. The summed E-state index contributed by atoms with van der Waals surface area (Å²) in [5.74, 6) is 0.181. The van der Waals surface area contributed by atoms with Crippen molar-refractivity contribution in [1.82, 2.24) is 5.32 Å². The maximum Gasteiger partial charge on any atom is 0.147 e. The lowest BCUT2D eigenvalue weighted by atomic mass is 10.00. The first-order valence-corrected chi connectivity index (χ1v) is 6.86. The van der Waals surface area contributed by atoms with Gasteiger partial charge >= 0.3 is 0 Å². The van der Waals surface area contributed by atoms with Crippen molar-refractivity contribution in [1.29, 1.82) is 0 Å². The molecule has 2 aromatic rings. The van der Waals surface area contributed by atoms with E-state index in [1.54, 1.807) is 6.92 Å². The lowest BCUT2D eigenvalue weighted by molar-refractivity contribution is -0.118. The molecule has 0 saturated carbocycles. The van der Waals surface area contributed by atoms with Crippen LogP contribution in [0.4, 0.5) is 0 Å². The Balaban J connectivity index is 0.00000115. The number of hydrogen-bond acceptors (Lipinski definition) is 2. The Labute approximate surface area is 117 Å². The van der Waals surface area contributed by atoms with E-state index in [1.165, 1.54) is 16.3 Å². The number of fused-ring (bicyclic) bond motifs is 1. The molecule has 19 heavy (non-hydrogen) atoms. The highest BCUT2D eigenvalue weighted by Gasteiger charge is 2.11. The van der Waals surface area contributed by atoms with Crippen LogP contribution in [0.2, 0.25) is 0 Å². The van der Waals surface area contributed by atoms with Gasteiger partial charge in [-0.25, -0.2) is 0 Å². The molecular formula is C17H25NO. The first kappa shape index (κ1) is 15.4. The number of benzene rings is 2. The zero-order valence-electron chi connectivity index (χ0n) is 12.2. The Bertz CT molecular complexity index is 539. The Kier molecular flexibility index (Phi) is 6.23. The van der Waals surface area contributed by atoms with Crippen molar-refractivity contribution in [3.8, 4) is 0 Å². The first-order valence-electron chi connectivity index (χ1n) is 6.86. The van der Waals surface area contributed by atoms with Gasteiger partial charge in [0.15, 0.2) is 0 Å². The second-order valence-electron chi connectivity index (χ2n) is 4.34. The van der Waals surface area contributed by atoms with Crippen LogP contribution in [-0.2, 0) is 11.2 Å². The van der Waals surface area contributed by atoms with Crippen molar-refractivity contribution in [2.45, 2.75) is 33.2 Å². The molecule has 2 nitrogen and oxygen atoms in total. The minimum atomic E-state index is -0.0869. The van der Waals surface area contributed by atoms with Crippen LogP contribution < -0.4 is 5.32 Å². The van der Waals surface area contributed by atoms with E-state index < -0.39 is 0 Å². The molecule has 2 aromatic carbocycles. The second kappa shape index (κ2) is 7.70. The van der Waals surface area contributed by atoms with E-state index in [0.29, 0.717) is 0 Å². The summed E-state index contributed by atoms with van der Waals surface area (Å²) in [6.45, 7) is 5.63. The fourth-order valence-corrected chi connectivity index (χ4v) is 2.05. The highest BCUT2D eigenvalue weighted by molar-refractivity contribution is 5.84. The van der Waals surface area contributed by atoms with Crippen molar-refractivity contribution < 1.29 is 6.22 Å². The molecule has 2 rings (SSSR count). The van der Waals surface area contributed by atoms with Crippen LogP contribution >= 0.6 is 0 Å². The van der Waals surface area contributed by atoms with Gasteiger partial charge in [-0.1, -0.05) is 56.3 Å². The van der Waals surface area contributed by atoms with Crippen LogP contribution in [0, 0.1) is 0 Å². The van der Waals surface area contributed by atoms with Crippen LogP contribution in [0.5, 0.6) is 0 Å². The SMILES string of the molecule is CC.CN[C@H](Cc1ccc2ccccc2c1)C(C)=O.[HH]. The van der Waals surface area contributed by atoms with Gasteiger partial charge in [-0.05, 0) is 36.7 Å². The van der Waals surface area contributed by atoms with Gasteiger partial charge in [0.05, 0.1) is 6.04 Å². The number of carbonyl (C=O) groups excluding carboxylic acids is 1. The van der Waals surface area contributed by atoms with Crippen LogP contribution in [0.1, 0.15) is 27.8 Å². The molecule has 0 bridgehead atoms. The summed E-state index contributed by atoms with van der Waals surface area (Å²) in [6, 6.07) is 14.5. The van der Waals surface area contributed by atoms with Crippen LogP contribution in [0.3, 0.4) is 0 Å². The average Bonchev–Trinajstić information content (AvgIpc) is 2.46. The Morgan fingerprint density at radius 3 is 2.37 bits per heavy atom. The number of likely N-dealkylation sites (N-methyl/N-ethyl adjacent to an activating group) is 1. The number of Topliss-reactive ketones (excluding diaryl/α,β-unsaturated/α-hetero) is 1. The van der Waals surface area contributed by atoms with Gasteiger partial charge in [-0.15, -0.1) is 0 Å². The molecule has 0 aromatic heterocycles. The normalized spacial score (nSPS) is 11.6. The van der Waals surface area contributed by atoms with E-state index in [2.05, 4.69) is 35.6 Å². The third kappa shape index (κ3) is 4.18. The Morgan fingerprint density at radius 1 is 1.16 bits per heavy atom. The second-order valence-corrected chi connectivity index (χ2v) is 4.34. The molecule has 0 unspecified atom stereocenters. The number of carbonyl (C=O) groups is 1. The molecular weight excluding hydrogens is 234 g/mol. The van der Waals surface area contributed by atoms with E-state index in [-0.39, 0.29) is 13.3 Å². The minimum absolute atomic E-state index is 0. The smallest absolute Gasteiger partial charge is 0.147 e. The summed E-state index contributed by atoms with van der Waals surface area (Å²) in [5, 5.41) is 5.51. The molecule has 104 valence electrons. The van der Waals surface area contributed by atoms with Crippen molar-refractivity contribution in [2.75, 3.05) is 7.05 Å². The predicted molar refractivity (Wildman–Crippen MR) is 84.6 cm³/mol. The maximum absolute atomic E-state index is 11.4. The highest BCUT2D eigenvalue weighted by atomic mass is 16.1. The summed E-state index contributed by atoms with van der Waals surface area (Å²) < 4.78 is 0. The maximum atomic E-state index is 11.4. The van der Waals surface area contributed by atoms with Crippen molar-refractivity contribution in [3.05, 3.63) is 48.0 Å². The third-order valence-corrected chi connectivity index (χ3v) is 3.09. The van der Waals surface area contributed by atoms with Gasteiger partial charge in [0.25, 0.3) is 0 Å². The molecule has 0 aliphatic rings. The molecule has 0 saturated heterocycles. The minimum Gasteiger partial charge on any atom is -0.310 e. The summed E-state index contributed by atoms with van der Waals surface area (Å²) in [4.78, 5) is 11.4. The zero-order valence-corrected chi connectivity index (χ0v) is 12.2. The molecule has 2 heteroatoms. The van der Waals surface area contributed by atoms with Gasteiger partial charge in [0, 0.05) is 1.43 Å². The lowest BCUT2D eigenvalue weighted by Crippen LogP contribution is -2.34. The molecule has 1 N–H and O–H groups in total. The molecule has 0 heterocycles. The van der Waals surface area contributed by atoms with E-state index in [0.717, 1.165) is 6.42 Å².